The van der Waals surface area contributed by atoms with Gasteiger partial charge in [0.2, 0.25) is 0 Å². The minimum absolute atomic E-state index is 0.00769. The summed E-state index contributed by atoms with van der Waals surface area (Å²) in [6.45, 7) is 4.22. The van der Waals surface area contributed by atoms with Gasteiger partial charge >= 0.3 is 0 Å². The molecule has 2 N–H and O–H groups in total. The summed E-state index contributed by atoms with van der Waals surface area (Å²) in [6.07, 6.45) is 8.20. The largest absolute Gasteiger partial charge is 0.493 e. The van der Waals surface area contributed by atoms with E-state index in [1.165, 1.54) is 0 Å². The molecule has 2 aliphatic rings. The molecule has 1 saturated carbocycles. The lowest BCUT2D eigenvalue weighted by molar-refractivity contribution is 0.0951. The van der Waals surface area contributed by atoms with Crippen LogP contribution in [-0.4, -0.2) is 48.2 Å². The van der Waals surface area contributed by atoms with Crippen LogP contribution in [0.15, 0.2) is 59.7 Å². The summed E-state index contributed by atoms with van der Waals surface area (Å²) >= 11 is 0. The summed E-state index contributed by atoms with van der Waals surface area (Å²) in [7, 11) is 1.94. The summed E-state index contributed by atoms with van der Waals surface area (Å²) < 4.78 is 7.75. The van der Waals surface area contributed by atoms with Gasteiger partial charge in [0.05, 0.1) is 18.3 Å². The molecular weight excluding hydrogens is 466 g/mol. The summed E-state index contributed by atoms with van der Waals surface area (Å²) in [6, 6.07) is 13.9. The zero-order valence-corrected chi connectivity index (χ0v) is 21.6. The number of benzene rings is 2. The Kier molecular flexibility index (Phi) is 7.55. The van der Waals surface area contributed by atoms with E-state index in [1.807, 2.05) is 44.3 Å². The first kappa shape index (κ1) is 25.0. The molecule has 0 radical (unpaired) electrons. The van der Waals surface area contributed by atoms with Crippen LogP contribution >= 0.6 is 0 Å². The van der Waals surface area contributed by atoms with E-state index in [0.717, 1.165) is 62.1 Å². The van der Waals surface area contributed by atoms with E-state index in [-0.39, 0.29) is 23.6 Å². The third-order valence-electron chi connectivity index (χ3n) is 7.10. The molecule has 1 aliphatic carbocycles. The first-order chi connectivity index (χ1) is 18.1. The van der Waals surface area contributed by atoms with Gasteiger partial charge in [0.25, 0.3) is 11.5 Å². The van der Waals surface area contributed by atoms with Crippen molar-refractivity contribution >= 4 is 11.7 Å². The van der Waals surface area contributed by atoms with Crippen LogP contribution in [0.3, 0.4) is 0 Å². The normalized spacial score (nSPS) is 17.1. The van der Waals surface area contributed by atoms with E-state index in [2.05, 4.69) is 26.6 Å². The van der Waals surface area contributed by atoms with E-state index in [0.29, 0.717) is 23.7 Å². The summed E-state index contributed by atoms with van der Waals surface area (Å²) in [4.78, 5) is 33.1. The number of amides is 1. The number of hydrogen-bond acceptors (Lipinski definition) is 6. The fourth-order valence-corrected chi connectivity index (χ4v) is 4.96. The van der Waals surface area contributed by atoms with E-state index < -0.39 is 0 Å². The Morgan fingerprint density at radius 1 is 1.16 bits per heavy atom. The maximum atomic E-state index is 13.8. The molecule has 1 atom stereocenters. The summed E-state index contributed by atoms with van der Waals surface area (Å²) in [5.41, 5.74) is 3.06. The maximum Gasteiger partial charge on any atom is 0.298 e. The molecule has 194 valence electrons. The molecule has 1 aromatic heterocycles. The van der Waals surface area contributed by atoms with Gasteiger partial charge in [0.1, 0.15) is 5.75 Å². The van der Waals surface area contributed by atoms with Gasteiger partial charge in [0, 0.05) is 36.1 Å². The van der Waals surface area contributed by atoms with Crippen LogP contribution < -0.4 is 25.8 Å². The number of aryl methyl sites for hydroxylation is 1. The number of aromatic nitrogens is 2. The van der Waals surface area contributed by atoms with E-state index in [9.17, 15) is 9.59 Å². The number of carbonyl (C=O) groups excluding carboxylic acids is 1. The second-order valence-corrected chi connectivity index (χ2v) is 9.87. The average molecular weight is 502 g/mol. The number of carbonyl (C=O) groups is 1. The maximum absolute atomic E-state index is 13.8. The number of para-hydroxylation sites is 1. The van der Waals surface area contributed by atoms with Crippen LogP contribution in [-0.2, 0) is 0 Å². The number of ether oxygens (including phenoxy) is 1. The number of anilines is 1. The van der Waals surface area contributed by atoms with E-state index in [1.54, 1.807) is 23.0 Å². The Morgan fingerprint density at radius 3 is 2.81 bits per heavy atom. The zero-order chi connectivity index (χ0) is 25.8. The number of rotatable bonds is 10. The van der Waals surface area contributed by atoms with Gasteiger partial charge in [-0.3, -0.25) is 14.2 Å². The SMILES string of the molecule is CNCCCOc1ccccc1C1CCCN1c1nccn(-c2cc(C(=O)NC3CC3)ccc2C)c1=O. The van der Waals surface area contributed by atoms with Gasteiger partial charge in [-0.2, -0.15) is 0 Å². The topological polar surface area (TPSA) is 88.5 Å². The van der Waals surface area contributed by atoms with Gasteiger partial charge in [-0.25, -0.2) is 4.98 Å². The molecule has 1 amide bonds. The quantitative estimate of drug-likeness (QED) is 0.411. The van der Waals surface area contributed by atoms with Crippen LogP contribution in [0.2, 0.25) is 0 Å². The molecule has 8 heteroatoms. The highest BCUT2D eigenvalue weighted by Crippen LogP contribution is 2.38. The van der Waals surface area contributed by atoms with Crippen molar-refractivity contribution in [3.05, 3.63) is 81.9 Å². The smallest absolute Gasteiger partial charge is 0.298 e. The van der Waals surface area contributed by atoms with Crippen molar-refractivity contribution < 1.29 is 9.53 Å². The molecular formula is C29H35N5O3. The van der Waals surface area contributed by atoms with Crippen molar-refractivity contribution in [2.45, 2.75) is 51.1 Å². The highest BCUT2D eigenvalue weighted by atomic mass is 16.5. The molecule has 2 aromatic carbocycles. The van der Waals surface area contributed by atoms with Crippen LogP contribution in [0.5, 0.6) is 5.75 Å². The minimum Gasteiger partial charge on any atom is -0.493 e. The van der Waals surface area contributed by atoms with Crippen LogP contribution in [0.4, 0.5) is 5.82 Å². The van der Waals surface area contributed by atoms with Crippen LogP contribution in [0.25, 0.3) is 5.69 Å². The van der Waals surface area contributed by atoms with Gasteiger partial charge in [0.15, 0.2) is 5.82 Å². The molecule has 2 fully saturated rings. The standard InChI is InChI=1S/C29H35N5O3/c1-20-10-11-21(28(35)32-22-12-13-22)19-25(20)34-17-15-31-27(29(34)36)33-16-5-8-24(33)23-7-3-4-9-26(23)37-18-6-14-30-2/h3-4,7,9-11,15,17,19,22,24,30H,5-6,8,12-14,16,18H2,1-2H3,(H,32,35). The lowest BCUT2D eigenvalue weighted by Gasteiger charge is -2.27. The van der Waals surface area contributed by atoms with Gasteiger partial charge in [-0.1, -0.05) is 24.3 Å². The van der Waals surface area contributed by atoms with Crippen molar-refractivity contribution in [2.75, 3.05) is 31.6 Å². The number of nitrogens with one attached hydrogen (secondary N) is 2. The molecule has 8 nitrogen and oxygen atoms in total. The molecule has 1 unspecified atom stereocenters. The summed E-state index contributed by atoms with van der Waals surface area (Å²) in [5.74, 6) is 1.18. The number of hydrogen-bond donors (Lipinski definition) is 2. The van der Waals surface area contributed by atoms with Crippen molar-refractivity contribution in [3.8, 4) is 11.4 Å². The van der Waals surface area contributed by atoms with Crippen LogP contribution in [0.1, 0.15) is 59.6 Å². The Bertz CT molecular complexity index is 1320. The van der Waals surface area contributed by atoms with Crippen molar-refractivity contribution in [1.82, 2.24) is 20.2 Å². The van der Waals surface area contributed by atoms with Gasteiger partial charge < -0.3 is 20.3 Å². The van der Waals surface area contributed by atoms with Gasteiger partial charge in [-0.05, 0) is 76.4 Å². The number of nitrogens with zero attached hydrogens (tertiary/aromatic N) is 3. The minimum atomic E-state index is -0.190. The van der Waals surface area contributed by atoms with Crippen LogP contribution in [0, 0.1) is 6.92 Å². The van der Waals surface area contributed by atoms with E-state index >= 15 is 0 Å². The average Bonchev–Trinajstić information content (AvgIpc) is 3.59. The molecule has 1 aliphatic heterocycles. The highest BCUT2D eigenvalue weighted by molar-refractivity contribution is 5.95. The van der Waals surface area contributed by atoms with Crippen molar-refractivity contribution in [2.24, 2.45) is 0 Å². The highest BCUT2D eigenvalue weighted by Gasteiger charge is 2.31. The third kappa shape index (κ3) is 5.54. The predicted octanol–water partition coefficient (Wildman–Crippen LogP) is 3.76. The molecule has 37 heavy (non-hydrogen) atoms. The first-order valence-electron chi connectivity index (χ1n) is 13.2. The molecule has 5 rings (SSSR count). The zero-order valence-electron chi connectivity index (χ0n) is 21.6. The Hall–Kier alpha value is -3.65. The fraction of sp³-hybridized carbons (Fsp3) is 0.414. The molecule has 3 aromatic rings. The predicted molar refractivity (Wildman–Crippen MR) is 145 cm³/mol. The Balaban J connectivity index is 1.44. The molecule has 2 heterocycles. The Labute approximate surface area is 217 Å². The molecule has 1 saturated heterocycles. The molecule has 0 spiro atoms. The monoisotopic (exact) mass is 501 g/mol. The lowest BCUT2D eigenvalue weighted by atomic mass is 10.0. The summed E-state index contributed by atoms with van der Waals surface area (Å²) in [5, 5.41) is 6.17. The second kappa shape index (κ2) is 11.2. The Morgan fingerprint density at radius 2 is 2.00 bits per heavy atom. The van der Waals surface area contributed by atoms with Gasteiger partial charge in [-0.15, -0.1) is 0 Å². The lowest BCUT2D eigenvalue weighted by Crippen LogP contribution is -2.33. The second-order valence-electron chi connectivity index (χ2n) is 9.87. The third-order valence-corrected chi connectivity index (χ3v) is 7.10. The fourth-order valence-electron chi connectivity index (χ4n) is 4.96. The van der Waals surface area contributed by atoms with E-state index in [4.69, 9.17) is 4.74 Å². The van der Waals surface area contributed by atoms with Crippen molar-refractivity contribution in [3.63, 3.8) is 0 Å². The van der Waals surface area contributed by atoms with Crippen molar-refractivity contribution in [1.29, 1.82) is 0 Å². The first-order valence-corrected chi connectivity index (χ1v) is 13.2. The molecule has 0 bridgehead atoms.